The molecule has 0 aromatic heterocycles. The lowest BCUT2D eigenvalue weighted by Gasteiger charge is -2.21. The molecule has 0 aliphatic heterocycles. The highest BCUT2D eigenvalue weighted by molar-refractivity contribution is 6.32. The minimum atomic E-state index is -0.440. The molecule has 3 heteroatoms. The molecule has 0 fully saturated rings. The normalized spacial score (nSPS) is 15.9. The van der Waals surface area contributed by atoms with Crippen LogP contribution in [0.25, 0.3) is 27.8 Å². The van der Waals surface area contributed by atoms with Crippen molar-refractivity contribution in [3.8, 4) is 28.0 Å². The zero-order chi connectivity index (χ0) is 23.2. The predicted octanol–water partition coefficient (Wildman–Crippen LogP) is 9.59. The Morgan fingerprint density at radius 3 is 2.06 bits per heavy atom. The minimum Gasteiger partial charge on any atom is -0.492 e. The zero-order valence-corrected chi connectivity index (χ0v) is 20.3. The van der Waals surface area contributed by atoms with E-state index >= 15 is 0 Å². The lowest BCUT2D eigenvalue weighted by Crippen LogP contribution is -2.04. The largest absolute Gasteiger partial charge is 0.492 e. The van der Waals surface area contributed by atoms with Gasteiger partial charge in [-0.3, -0.25) is 0 Å². The summed E-state index contributed by atoms with van der Waals surface area (Å²) in [6.45, 7) is 4.79. The molecule has 0 saturated carbocycles. The molecule has 1 atom stereocenters. The number of hydrogen-bond donors (Lipinski definition) is 0. The van der Waals surface area contributed by atoms with Crippen LogP contribution >= 0.6 is 11.6 Å². The number of rotatable bonds is 8. The van der Waals surface area contributed by atoms with Crippen molar-refractivity contribution in [2.75, 3.05) is 6.61 Å². The molecule has 1 nitrogen and oxygen atoms in total. The van der Waals surface area contributed by atoms with E-state index in [1.165, 1.54) is 43.2 Å². The van der Waals surface area contributed by atoms with Gasteiger partial charge in [-0.15, -0.1) is 0 Å². The van der Waals surface area contributed by atoms with Gasteiger partial charge in [0.05, 0.1) is 6.61 Å². The van der Waals surface area contributed by atoms with Crippen molar-refractivity contribution in [1.29, 1.82) is 0 Å². The predicted molar refractivity (Wildman–Crippen MR) is 138 cm³/mol. The molecule has 1 aliphatic rings. The number of halogens is 2. The van der Waals surface area contributed by atoms with Crippen molar-refractivity contribution in [3.63, 3.8) is 0 Å². The van der Waals surface area contributed by atoms with Gasteiger partial charge in [0, 0.05) is 5.56 Å². The summed E-state index contributed by atoms with van der Waals surface area (Å²) in [6, 6.07) is 20.3. The molecule has 0 bridgehead atoms. The van der Waals surface area contributed by atoms with Crippen molar-refractivity contribution in [2.45, 2.75) is 52.4 Å². The van der Waals surface area contributed by atoms with Gasteiger partial charge in [0.25, 0.3) is 0 Å². The zero-order valence-electron chi connectivity index (χ0n) is 19.5. The van der Waals surface area contributed by atoms with E-state index in [1.54, 1.807) is 12.1 Å². The van der Waals surface area contributed by atoms with Crippen LogP contribution in [0.4, 0.5) is 4.39 Å². The van der Waals surface area contributed by atoms with E-state index in [0.29, 0.717) is 17.9 Å². The van der Waals surface area contributed by atoms with Crippen LogP contribution in [0.15, 0.2) is 66.7 Å². The standard InChI is InChI=1S/C30H32ClFO/c1-3-5-21-6-8-22(9-7-21)23-10-12-24(13-11-23)25-14-16-26(17-15-25)27-18-19-28(33-20-4-2)29(31)30(27)32/h8,10-19,21H,3-7,9,20H2,1-2H3. The van der Waals surface area contributed by atoms with Gasteiger partial charge in [-0.2, -0.15) is 0 Å². The van der Waals surface area contributed by atoms with E-state index in [0.717, 1.165) is 29.0 Å². The second-order valence-electron chi connectivity index (χ2n) is 8.90. The van der Waals surface area contributed by atoms with Crippen LogP contribution in [0.1, 0.15) is 57.9 Å². The number of ether oxygens (including phenoxy) is 1. The fourth-order valence-corrected chi connectivity index (χ4v) is 4.84. The van der Waals surface area contributed by atoms with Crippen molar-refractivity contribution in [3.05, 3.63) is 83.1 Å². The highest BCUT2D eigenvalue weighted by Gasteiger charge is 2.16. The maximum Gasteiger partial charge on any atom is 0.153 e. The van der Waals surface area contributed by atoms with Crippen LogP contribution < -0.4 is 4.74 Å². The SMILES string of the molecule is CCCOc1ccc(-c2ccc(-c3ccc(C4=CCC(CCC)CC4)cc3)cc2)c(F)c1Cl. The van der Waals surface area contributed by atoms with Crippen LogP contribution in [-0.2, 0) is 0 Å². The average molecular weight is 463 g/mol. The third-order valence-corrected chi connectivity index (χ3v) is 6.86. The lowest BCUT2D eigenvalue weighted by molar-refractivity contribution is 0.316. The summed E-state index contributed by atoms with van der Waals surface area (Å²) in [4.78, 5) is 0. The summed E-state index contributed by atoms with van der Waals surface area (Å²) in [5, 5.41) is 0.0404. The molecule has 0 amide bonds. The Balaban J connectivity index is 1.48. The topological polar surface area (TPSA) is 9.23 Å². The van der Waals surface area contributed by atoms with E-state index < -0.39 is 5.82 Å². The molecule has 1 unspecified atom stereocenters. The summed E-state index contributed by atoms with van der Waals surface area (Å²) in [7, 11) is 0. The third-order valence-electron chi connectivity index (χ3n) is 6.51. The summed E-state index contributed by atoms with van der Waals surface area (Å²) >= 11 is 6.21. The van der Waals surface area contributed by atoms with Crippen molar-refractivity contribution >= 4 is 17.2 Å². The third kappa shape index (κ3) is 5.50. The molecule has 4 rings (SSSR count). The molecule has 3 aromatic rings. The van der Waals surface area contributed by atoms with Gasteiger partial charge in [0.2, 0.25) is 0 Å². The summed E-state index contributed by atoms with van der Waals surface area (Å²) in [5.41, 5.74) is 6.35. The first-order valence-electron chi connectivity index (χ1n) is 12.1. The van der Waals surface area contributed by atoms with E-state index in [2.05, 4.69) is 37.3 Å². The highest BCUT2D eigenvalue weighted by Crippen LogP contribution is 2.36. The molecule has 33 heavy (non-hydrogen) atoms. The quantitative estimate of drug-likeness (QED) is 0.323. The van der Waals surface area contributed by atoms with Gasteiger partial charge in [0.1, 0.15) is 10.8 Å². The van der Waals surface area contributed by atoms with Gasteiger partial charge in [-0.25, -0.2) is 4.39 Å². The highest BCUT2D eigenvalue weighted by atomic mass is 35.5. The summed E-state index contributed by atoms with van der Waals surface area (Å²) in [5.74, 6) is 0.811. The molecule has 1 aliphatic carbocycles. The summed E-state index contributed by atoms with van der Waals surface area (Å²) < 4.78 is 20.4. The molecular weight excluding hydrogens is 431 g/mol. The minimum absolute atomic E-state index is 0.0404. The van der Waals surface area contributed by atoms with E-state index in [9.17, 15) is 4.39 Å². The lowest BCUT2D eigenvalue weighted by atomic mass is 9.84. The smallest absolute Gasteiger partial charge is 0.153 e. The Morgan fingerprint density at radius 1 is 0.848 bits per heavy atom. The molecule has 172 valence electrons. The molecule has 0 N–H and O–H groups in total. The van der Waals surface area contributed by atoms with Crippen LogP contribution in [0.3, 0.4) is 0 Å². The van der Waals surface area contributed by atoms with Crippen LogP contribution in [-0.4, -0.2) is 6.61 Å². The fraction of sp³-hybridized carbons (Fsp3) is 0.333. The van der Waals surface area contributed by atoms with Gasteiger partial charge in [0.15, 0.2) is 5.82 Å². The summed E-state index contributed by atoms with van der Waals surface area (Å²) in [6.07, 6.45) is 9.58. The Morgan fingerprint density at radius 2 is 1.48 bits per heavy atom. The molecule has 0 radical (unpaired) electrons. The first kappa shape index (κ1) is 23.6. The second kappa shape index (κ2) is 11.0. The Hall–Kier alpha value is -2.58. The van der Waals surface area contributed by atoms with Gasteiger partial charge < -0.3 is 4.74 Å². The number of hydrogen-bond acceptors (Lipinski definition) is 1. The number of allylic oxidation sites excluding steroid dienone is 2. The van der Waals surface area contributed by atoms with Crippen molar-refractivity contribution in [2.24, 2.45) is 5.92 Å². The average Bonchev–Trinajstić information content (AvgIpc) is 2.86. The first-order chi connectivity index (χ1) is 16.1. The fourth-order valence-electron chi connectivity index (χ4n) is 4.62. The molecule has 0 saturated heterocycles. The molecule has 3 aromatic carbocycles. The van der Waals surface area contributed by atoms with Crippen LogP contribution in [0.5, 0.6) is 5.75 Å². The maximum absolute atomic E-state index is 14.9. The molecule has 0 heterocycles. The van der Waals surface area contributed by atoms with Gasteiger partial charge in [-0.05, 0) is 71.6 Å². The van der Waals surface area contributed by atoms with E-state index in [-0.39, 0.29) is 5.02 Å². The molecular formula is C30H32ClFO. The van der Waals surface area contributed by atoms with Crippen LogP contribution in [0, 0.1) is 11.7 Å². The van der Waals surface area contributed by atoms with Gasteiger partial charge in [-0.1, -0.05) is 92.9 Å². The van der Waals surface area contributed by atoms with Gasteiger partial charge >= 0.3 is 0 Å². The Labute approximate surface area is 202 Å². The second-order valence-corrected chi connectivity index (χ2v) is 9.28. The van der Waals surface area contributed by atoms with Crippen LogP contribution in [0.2, 0.25) is 5.02 Å². The number of benzene rings is 3. The maximum atomic E-state index is 14.9. The Bertz CT molecular complexity index is 1100. The van der Waals surface area contributed by atoms with E-state index in [1.807, 2.05) is 31.2 Å². The first-order valence-corrected chi connectivity index (χ1v) is 12.5. The van der Waals surface area contributed by atoms with E-state index in [4.69, 9.17) is 16.3 Å². The monoisotopic (exact) mass is 462 g/mol. The Kier molecular flexibility index (Phi) is 7.88. The molecule has 0 spiro atoms. The van der Waals surface area contributed by atoms with Crippen molar-refractivity contribution < 1.29 is 9.13 Å². The van der Waals surface area contributed by atoms with Crippen molar-refractivity contribution in [1.82, 2.24) is 0 Å².